The van der Waals surface area contributed by atoms with Crippen LogP contribution in [0.5, 0.6) is 0 Å². The van der Waals surface area contributed by atoms with E-state index in [0.717, 1.165) is 0 Å². The molecule has 128 valence electrons. The predicted octanol–water partition coefficient (Wildman–Crippen LogP) is 5.57. The number of ketones is 1. The van der Waals surface area contributed by atoms with Gasteiger partial charge in [-0.15, -0.1) is 0 Å². The summed E-state index contributed by atoms with van der Waals surface area (Å²) in [5.74, 6) is -1.29. The van der Waals surface area contributed by atoms with Crippen LogP contribution in [0.2, 0.25) is 0 Å². The zero-order chi connectivity index (χ0) is 18.3. The van der Waals surface area contributed by atoms with Gasteiger partial charge in [0, 0.05) is 11.1 Å². The minimum absolute atomic E-state index is 0.153. The Hall–Kier alpha value is -2.31. The molecule has 0 radical (unpaired) electrons. The van der Waals surface area contributed by atoms with Gasteiger partial charge in [-0.05, 0) is 37.1 Å². The van der Waals surface area contributed by atoms with Gasteiger partial charge in [0.2, 0.25) is 0 Å². The maximum absolute atomic E-state index is 13.2. The number of hydrogen-bond donors (Lipinski definition) is 0. The molecule has 0 fully saturated rings. The molecule has 0 aromatic heterocycles. The first-order valence-electron chi connectivity index (χ1n) is 6.83. The van der Waals surface area contributed by atoms with Crippen LogP contribution in [0.3, 0.4) is 0 Å². The third-order valence-electron chi connectivity index (χ3n) is 3.61. The molecule has 0 spiro atoms. The lowest BCUT2D eigenvalue weighted by Crippen LogP contribution is -2.21. The molecule has 0 bridgehead atoms. The first kappa shape index (κ1) is 18.0. The Morgan fingerprint density at radius 1 is 0.708 bits per heavy atom. The third kappa shape index (κ3) is 3.29. The van der Waals surface area contributed by atoms with E-state index in [1.165, 1.54) is 26.0 Å². The van der Waals surface area contributed by atoms with Crippen LogP contribution < -0.4 is 0 Å². The van der Waals surface area contributed by atoms with E-state index in [2.05, 4.69) is 0 Å². The van der Waals surface area contributed by atoms with Gasteiger partial charge in [0.25, 0.3) is 0 Å². The SMILES string of the molecule is Cc1cccc(C)c1C(=O)c1c(C(F)(F)F)cccc1C(F)(F)F. The fraction of sp³-hybridized carbons (Fsp3) is 0.235. The number of alkyl halides is 6. The highest BCUT2D eigenvalue weighted by Gasteiger charge is 2.43. The van der Waals surface area contributed by atoms with E-state index in [0.29, 0.717) is 29.3 Å². The van der Waals surface area contributed by atoms with Crippen molar-refractivity contribution in [3.05, 3.63) is 69.8 Å². The van der Waals surface area contributed by atoms with E-state index in [-0.39, 0.29) is 5.56 Å². The quantitative estimate of drug-likeness (QED) is 0.513. The molecule has 2 rings (SSSR count). The monoisotopic (exact) mass is 346 g/mol. The van der Waals surface area contributed by atoms with Gasteiger partial charge in [-0.3, -0.25) is 4.79 Å². The zero-order valence-electron chi connectivity index (χ0n) is 12.6. The molecule has 1 nitrogen and oxygen atoms in total. The van der Waals surface area contributed by atoms with E-state index >= 15 is 0 Å². The van der Waals surface area contributed by atoms with Crippen LogP contribution in [0.4, 0.5) is 26.3 Å². The number of hydrogen-bond acceptors (Lipinski definition) is 1. The molecule has 0 atom stereocenters. The molecule has 24 heavy (non-hydrogen) atoms. The Bertz CT molecular complexity index is 734. The second kappa shape index (κ2) is 5.96. The maximum Gasteiger partial charge on any atom is 0.417 e. The molecule has 2 aromatic rings. The van der Waals surface area contributed by atoms with Crippen molar-refractivity contribution in [3.8, 4) is 0 Å². The molecule has 0 aliphatic carbocycles. The summed E-state index contributed by atoms with van der Waals surface area (Å²) >= 11 is 0. The van der Waals surface area contributed by atoms with E-state index in [4.69, 9.17) is 0 Å². The Kier molecular flexibility index (Phi) is 4.48. The fourth-order valence-electron chi connectivity index (χ4n) is 2.57. The van der Waals surface area contributed by atoms with Gasteiger partial charge in [0.05, 0.1) is 11.1 Å². The lowest BCUT2D eigenvalue weighted by molar-refractivity contribution is -0.143. The first-order valence-corrected chi connectivity index (χ1v) is 6.83. The largest absolute Gasteiger partial charge is 0.417 e. The molecule has 2 aromatic carbocycles. The number of benzene rings is 2. The van der Waals surface area contributed by atoms with Crippen LogP contribution in [0.1, 0.15) is 38.2 Å². The van der Waals surface area contributed by atoms with Crippen molar-refractivity contribution in [2.75, 3.05) is 0 Å². The average molecular weight is 346 g/mol. The Morgan fingerprint density at radius 2 is 1.08 bits per heavy atom. The minimum Gasteiger partial charge on any atom is -0.289 e. The first-order chi connectivity index (χ1) is 10.9. The highest BCUT2D eigenvalue weighted by molar-refractivity contribution is 6.12. The van der Waals surface area contributed by atoms with E-state index in [9.17, 15) is 31.1 Å². The van der Waals surface area contributed by atoms with Gasteiger partial charge in [-0.2, -0.15) is 26.3 Å². The summed E-state index contributed by atoms with van der Waals surface area (Å²) in [5, 5.41) is 0. The van der Waals surface area contributed by atoms with E-state index < -0.39 is 34.8 Å². The lowest BCUT2D eigenvalue weighted by atomic mass is 9.89. The fourth-order valence-corrected chi connectivity index (χ4v) is 2.57. The number of halogens is 6. The van der Waals surface area contributed by atoms with Crippen molar-refractivity contribution in [1.29, 1.82) is 0 Å². The average Bonchev–Trinajstić information content (AvgIpc) is 2.44. The van der Waals surface area contributed by atoms with Crippen LogP contribution in [0, 0.1) is 13.8 Å². The van der Waals surface area contributed by atoms with Gasteiger partial charge in [-0.25, -0.2) is 0 Å². The summed E-state index contributed by atoms with van der Waals surface area (Å²) in [6.07, 6.45) is -10.2. The summed E-state index contributed by atoms with van der Waals surface area (Å²) in [6, 6.07) is 6.11. The molecule has 0 aliphatic rings. The molecule has 0 saturated heterocycles. The van der Waals surface area contributed by atoms with Gasteiger partial charge < -0.3 is 0 Å². The summed E-state index contributed by atoms with van der Waals surface area (Å²) in [6.45, 7) is 2.92. The summed E-state index contributed by atoms with van der Waals surface area (Å²) in [5.41, 5.74) is -4.08. The number of rotatable bonds is 2. The van der Waals surface area contributed by atoms with Gasteiger partial charge in [0.1, 0.15) is 0 Å². The topological polar surface area (TPSA) is 17.1 Å². The van der Waals surface area contributed by atoms with E-state index in [1.807, 2.05) is 0 Å². The Balaban J connectivity index is 2.83. The van der Waals surface area contributed by atoms with Crippen LogP contribution in [0.15, 0.2) is 36.4 Å². The van der Waals surface area contributed by atoms with Crippen molar-refractivity contribution in [2.24, 2.45) is 0 Å². The van der Waals surface area contributed by atoms with E-state index in [1.54, 1.807) is 6.07 Å². The van der Waals surface area contributed by atoms with Gasteiger partial charge in [-0.1, -0.05) is 24.3 Å². The molecule has 0 saturated carbocycles. The third-order valence-corrected chi connectivity index (χ3v) is 3.61. The summed E-state index contributed by atoms with van der Waals surface area (Å²) < 4.78 is 79.0. The van der Waals surface area contributed by atoms with Crippen LogP contribution in [-0.4, -0.2) is 5.78 Å². The van der Waals surface area contributed by atoms with Crippen LogP contribution in [0.25, 0.3) is 0 Å². The molecule has 0 aliphatic heterocycles. The molecule has 0 unspecified atom stereocenters. The summed E-state index contributed by atoms with van der Waals surface area (Å²) in [7, 11) is 0. The zero-order valence-corrected chi connectivity index (χ0v) is 12.6. The van der Waals surface area contributed by atoms with Gasteiger partial charge >= 0.3 is 12.4 Å². The van der Waals surface area contributed by atoms with Crippen molar-refractivity contribution < 1.29 is 31.1 Å². The molecular weight excluding hydrogens is 334 g/mol. The smallest absolute Gasteiger partial charge is 0.289 e. The molecular formula is C17H12F6O. The van der Waals surface area contributed by atoms with Crippen LogP contribution in [-0.2, 0) is 12.4 Å². The van der Waals surface area contributed by atoms with Crippen molar-refractivity contribution in [3.63, 3.8) is 0 Å². The van der Waals surface area contributed by atoms with Crippen molar-refractivity contribution in [2.45, 2.75) is 26.2 Å². The number of carbonyl (C=O) groups excluding carboxylic acids is 1. The second-order valence-electron chi connectivity index (χ2n) is 5.32. The number of aryl methyl sites for hydroxylation is 2. The maximum atomic E-state index is 13.2. The molecule has 0 N–H and O–H groups in total. The summed E-state index contributed by atoms with van der Waals surface area (Å²) in [4.78, 5) is 12.6. The molecule has 0 heterocycles. The lowest BCUT2D eigenvalue weighted by Gasteiger charge is -2.19. The minimum atomic E-state index is -5.08. The second-order valence-corrected chi connectivity index (χ2v) is 5.32. The highest BCUT2D eigenvalue weighted by atomic mass is 19.4. The van der Waals surface area contributed by atoms with Crippen LogP contribution >= 0.6 is 0 Å². The predicted molar refractivity (Wildman–Crippen MR) is 75.8 cm³/mol. The number of carbonyl (C=O) groups is 1. The Morgan fingerprint density at radius 3 is 1.46 bits per heavy atom. The Labute approximate surface area is 133 Å². The van der Waals surface area contributed by atoms with Crippen molar-refractivity contribution in [1.82, 2.24) is 0 Å². The van der Waals surface area contributed by atoms with Gasteiger partial charge in [0.15, 0.2) is 5.78 Å². The van der Waals surface area contributed by atoms with Crippen molar-refractivity contribution >= 4 is 5.78 Å². The molecule has 7 heteroatoms. The standard InChI is InChI=1S/C17H12F6O/c1-9-5-3-6-10(2)13(9)15(24)14-11(16(18,19)20)7-4-8-12(14)17(21,22)23/h3-8H,1-2H3. The highest BCUT2D eigenvalue weighted by Crippen LogP contribution is 2.40. The normalized spacial score (nSPS) is 12.3. The molecule has 0 amide bonds.